The number of esters is 1. The topological polar surface area (TPSA) is 98.5 Å². The summed E-state index contributed by atoms with van der Waals surface area (Å²) >= 11 is 6.75. The molecule has 7 heteroatoms. The zero-order chi connectivity index (χ0) is 17.7. The first kappa shape index (κ1) is 17.5. The molecular formula is C17H25ClN2O4. The van der Waals surface area contributed by atoms with E-state index in [1.165, 1.54) is 0 Å². The minimum Gasteiger partial charge on any atom is -0.452 e. The summed E-state index contributed by atoms with van der Waals surface area (Å²) in [6.45, 7) is 3.53. The summed E-state index contributed by atoms with van der Waals surface area (Å²) in [5, 5.41) is 2.01. The highest BCUT2D eigenvalue weighted by molar-refractivity contribution is 6.24. The van der Waals surface area contributed by atoms with Crippen molar-refractivity contribution in [1.29, 1.82) is 0 Å². The van der Waals surface area contributed by atoms with Crippen LogP contribution in [0.5, 0.6) is 0 Å². The molecular weight excluding hydrogens is 332 g/mol. The average Bonchev–Trinajstić information content (AvgIpc) is 2.40. The molecule has 24 heavy (non-hydrogen) atoms. The van der Waals surface area contributed by atoms with Crippen LogP contribution in [0.1, 0.15) is 52.4 Å². The molecule has 3 amide bonds. The predicted octanol–water partition coefficient (Wildman–Crippen LogP) is 2.33. The largest absolute Gasteiger partial charge is 0.452 e. The van der Waals surface area contributed by atoms with Gasteiger partial charge in [-0.2, -0.15) is 0 Å². The van der Waals surface area contributed by atoms with Gasteiger partial charge in [-0.3, -0.25) is 14.9 Å². The van der Waals surface area contributed by atoms with Crippen molar-refractivity contribution in [1.82, 2.24) is 5.32 Å². The summed E-state index contributed by atoms with van der Waals surface area (Å²) in [4.78, 5) is 35.7. The summed E-state index contributed by atoms with van der Waals surface area (Å²) in [6, 6.07) is -0.948. The van der Waals surface area contributed by atoms with Crippen LogP contribution in [-0.2, 0) is 14.3 Å². The molecule has 4 saturated carbocycles. The van der Waals surface area contributed by atoms with Crippen molar-refractivity contribution in [2.45, 2.75) is 63.4 Å². The number of carbonyl (C=O) groups is 3. The molecule has 0 saturated heterocycles. The lowest BCUT2D eigenvalue weighted by atomic mass is 9.49. The van der Waals surface area contributed by atoms with Gasteiger partial charge in [-0.25, -0.2) is 4.79 Å². The third-order valence-electron chi connectivity index (χ3n) is 5.77. The van der Waals surface area contributed by atoms with Gasteiger partial charge < -0.3 is 10.5 Å². The molecule has 0 radical (unpaired) electrons. The third kappa shape index (κ3) is 3.13. The molecule has 4 aliphatic carbocycles. The molecule has 0 heterocycles. The normalized spacial score (nSPS) is 38.0. The Hall–Kier alpha value is -1.30. The third-order valence-corrected chi connectivity index (χ3v) is 6.21. The first-order valence-electron chi connectivity index (χ1n) is 8.63. The van der Waals surface area contributed by atoms with E-state index < -0.39 is 23.5 Å². The smallest absolute Gasteiger partial charge is 0.318 e. The summed E-state index contributed by atoms with van der Waals surface area (Å²) < 4.78 is 5.59. The van der Waals surface area contributed by atoms with Crippen molar-refractivity contribution in [3.63, 3.8) is 0 Å². The van der Waals surface area contributed by atoms with Crippen molar-refractivity contribution in [3.05, 3.63) is 0 Å². The average molecular weight is 357 g/mol. The number of hydrogen-bond acceptors (Lipinski definition) is 4. The summed E-state index contributed by atoms with van der Waals surface area (Å²) in [5.74, 6) is -0.343. The molecule has 4 bridgehead atoms. The molecule has 134 valence electrons. The second kappa shape index (κ2) is 5.90. The Morgan fingerprint density at radius 3 is 2.21 bits per heavy atom. The number of rotatable bonds is 4. The fourth-order valence-corrected chi connectivity index (χ4v) is 6.01. The van der Waals surface area contributed by atoms with Gasteiger partial charge in [-0.05, 0) is 56.3 Å². The minimum absolute atomic E-state index is 0.257. The number of nitrogens with two attached hydrogens (primary N) is 1. The van der Waals surface area contributed by atoms with E-state index in [1.54, 1.807) is 13.8 Å². The van der Waals surface area contributed by atoms with Gasteiger partial charge in [0.15, 0.2) is 6.10 Å². The standard InChI is InChI=1S/C17H25ClN2O4/c1-9(2)12(13(21)20-15(19)23)24-14(22)16-4-10-3-11(5-16)7-17(18,6-10)8-16/h9-12H,3-8H2,1-2H3,(H3,19,20,21,23)/t10-,11-,12-,16?,17?/m0/s1. The van der Waals surface area contributed by atoms with Crippen molar-refractivity contribution in [3.8, 4) is 0 Å². The van der Waals surface area contributed by atoms with Gasteiger partial charge >= 0.3 is 12.0 Å². The predicted molar refractivity (Wildman–Crippen MR) is 88.1 cm³/mol. The number of imide groups is 1. The Kier molecular flexibility index (Phi) is 4.31. The summed E-state index contributed by atoms with van der Waals surface area (Å²) in [6.07, 6.45) is 4.25. The number of nitrogens with one attached hydrogen (secondary N) is 1. The fourth-order valence-electron chi connectivity index (χ4n) is 5.31. The molecule has 0 aliphatic heterocycles. The molecule has 3 N–H and O–H groups in total. The van der Waals surface area contributed by atoms with Crippen LogP contribution < -0.4 is 11.1 Å². The lowest BCUT2D eigenvalue weighted by Crippen LogP contribution is -2.57. The molecule has 0 aromatic heterocycles. The maximum Gasteiger partial charge on any atom is 0.318 e. The number of halogens is 1. The highest BCUT2D eigenvalue weighted by Crippen LogP contribution is 2.64. The highest BCUT2D eigenvalue weighted by Gasteiger charge is 2.61. The summed E-state index contributed by atoms with van der Waals surface area (Å²) in [5.41, 5.74) is 4.42. The Morgan fingerprint density at radius 1 is 1.17 bits per heavy atom. The lowest BCUT2D eigenvalue weighted by Gasteiger charge is -2.58. The number of primary amides is 1. The first-order valence-corrected chi connectivity index (χ1v) is 9.01. The lowest BCUT2D eigenvalue weighted by molar-refractivity contribution is -0.180. The molecule has 0 aromatic carbocycles. The maximum atomic E-state index is 13.0. The SMILES string of the molecule is CC(C)[C@H](OC(=O)C12C[C@@H]3C[C@H](CC(Cl)(C3)C1)C2)C(=O)NC(N)=O. The van der Waals surface area contributed by atoms with Crippen molar-refractivity contribution in [2.24, 2.45) is 28.9 Å². The first-order chi connectivity index (χ1) is 11.1. The van der Waals surface area contributed by atoms with Crippen molar-refractivity contribution in [2.75, 3.05) is 0 Å². The number of alkyl halides is 1. The zero-order valence-electron chi connectivity index (χ0n) is 14.1. The van der Waals surface area contributed by atoms with Gasteiger partial charge in [0.2, 0.25) is 0 Å². The fraction of sp³-hybridized carbons (Fsp3) is 0.824. The molecule has 4 rings (SSSR count). The van der Waals surface area contributed by atoms with E-state index in [-0.39, 0.29) is 16.8 Å². The van der Waals surface area contributed by atoms with E-state index in [2.05, 4.69) is 0 Å². The van der Waals surface area contributed by atoms with Crippen molar-refractivity contribution < 1.29 is 19.1 Å². The van der Waals surface area contributed by atoms with E-state index in [1.807, 2.05) is 5.32 Å². The Labute approximate surface area is 146 Å². The van der Waals surface area contributed by atoms with Crippen LogP contribution in [0.4, 0.5) is 4.79 Å². The monoisotopic (exact) mass is 356 g/mol. The Balaban J connectivity index is 1.76. The molecule has 4 fully saturated rings. The second-order valence-electron chi connectivity index (χ2n) is 8.32. The second-order valence-corrected chi connectivity index (χ2v) is 9.12. The van der Waals surface area contributed by atoms with E-state index in [0.29, 0.717) is 18.3 Å². The van der Waals surface area contributed by atoms with Crippen LogP contribution in [0.15, 0.2) is 0 Å². The quantitative estimate of drug-likeness (QED) is 0.596. The molecule has 3 atom stereocenters. The number of ether oxygens (including phenoxy) is 1. The van der Waals surface area contributed by atoms with Crippen molar-refractivity contribution >= 4 is 29.5 Å². The van der Waals surface area contributed by atoms with Crippen LogP contribution in [0.3, 0.4) is 0 Å². The molecule has 0 aromatic rings. The highest BCUT2D eigenvalue weighted by atomic mass is 35.5. The van der Waals surface area contributed by atoms with Crippen LogP contribution in [0.2, 0.25) is 0 Å². The zero-order valence-corrected chi connectivity index (χ0v) is 14.9. The van der Waals surface area contributed by atoms with Gasteiger partial charge in [0, 0.05) is 4.87 Å². The van der Waals surface area contributed by atoms with Gasteiger partial charge in [0.1, 0.15) is 0 Å². The van der Waals surface area contributed by atoms with Gasteiger partial charge in [0.25, 0.3) is 5.91 Å². The van der Waals surface area contributed by atoms with Crippen LogP contribution >= 0.6 is 11.6 Å². The number of carbonyl (C=O) groups excluding carboxylic acids is 3. The van der Waals surface area contributed by atoms with Gasteiger partial charge in [-0.15, -0.1) is 11.6 Å². The molecule has 0 unspecified atom stereocenters. The number of hydrogen-bond donors (Lipinski definition) is 2. The molecule has 4 aliphatic rings. The Morgan fingerprint density at radius 2 is 1.75 bits per heavy atom. The van der Waals surface area contributed by atoms with E-state index >= 15 is 0 Å². The van der Waals surface area contributed by atoms with E-state index in [4.69, 9.17) is 22.1 Å². The van der Waals surface area contributed by atoms with Gasteiger partial charge in [-0.1, -0.05) is 13.8 Å². The number of urea groups is 1. The summed E-state index contributed by atoms with van der Waals surface area (Å²) in [7, 11) is 0. The molecule has 0 spiro atoms. The molecule has 6 nitrogen and oxygen atoms in total. The van der Waals surface area contributed by atoms with E-state index in [0.717, 1.165) is 32.1 Å². The van der Waals surface area contributed by atoms with Crippen LogP contribution in [0.25, 0.3) is 0 Å². The minimum atomic E-state index is -1.02. The number of amides is 3. The van der Waals surface area contributed by atoms with Crippen LogP contribution in [0, 0.1) is 23.2 Å². The maximum absolute atomic E-state index is 13.0. The van der Waals surface area contributed by atoms with Crippen LogP contribution in [-0.4, -0.2) is 28.9 Å². The Bertz CT molecular complexity index is 563. The van der Waals surface area contributed by atoms with E-state index in [9.17, 15) is 14.4 Å². The van der Waals surface area contributed by atoms with Gasteiger partial charge in [0.05, 0.1) is 5.41 Å².